The average Bonchev–Trinajstić information content (AvgIpc) is 2.92. The molecule has 0 aliphatic carbocycles. The number of hydrogen-bond donors (Lipinski definition) is 2. The van der Waals surface area contributed by atoms with Crippen molar-refractivity contribution in [3.63, 3.8) is 0 Å². The predicted octanol–water partition coefficient (Wildman–Crippen LogP) is 7.34. The molecule has 1 aliphatic heterocycles. The van der Waals surface area contributed by atoms with Gasteiger partial charge in [-0.2, -0.15) is 26.3 Å². The number of aliphatic hydroxyl groups excluding tert-OH is 1. The molecule has 1 aromatic carbocycles. The molecule has 226 valence electrons. The smallest absolute Gasteiger partial charge is 0.392 e. The number of allylic oxidation sites excluding steroid dienone is 3. The molecule has 4 rings (SSSR count). The summed E-state index contributed by atoms with van der Waals surface area (Å²) < 4.78 is 79.8. The van der Waals surface area contributed by atoms with Crippen molar-refractivity contribution in [2.45, 2.75) is 50.6 Å². The largest absolute Gasteiger partial charge is 0.418 e. The van der Waals surface area contributed by atoms with Crippen LogP contribution in [0.1, 0.15) is 37.1 Å². The van der Waals surface area contributed by atoms with Crippen molar-refractivity contribution in [3.8, 4) is 11.3 Å². The molecule has 13 heteroatoms. The molecule has 3 heterocycles. The quantitative estimate of drug-likeness (QED) is 0.0997. The maximum absolute atomic E-state index is 13.7. The summed E-state index contributed by atoms with van der Waals surface area (Å²) in [6.07, 6.45) is -2.24. The number of β-amino-alcohol motifs (C(OH)–C–C–N with tert-alkyl or cyclic N) is 1. The standard InChI is InChI=1S/C29H30F6IN5O/c30-28(31,32)12-1-5-20(11-13-36)38-27-22-10-9-19(26-23(29(33,34)35)7-2-14-37-26)17-24(22)39-25(40-27)8-4-16-41-15-3-6-21(42)18-41/h1-2,5,7,9-11,14,17,21,42H,3-4,6,8,12-13,15-16,18H2,(H,38,39,40)/b5-1-,20-11+. The van der Waals surface area contributed by atoms with E-state index in [-0.39, 0.29) is 17.4 Å². The molecule has 0 spiro atoms. The number of pyridine rings is 1. The third-order valence-corrected chi connectivity index (χ3v) is 7.13. The highest BCUT2D eigenvalue weighted by Crippen LogP contribution is 2.37. The zero-order valence-corrected chi connectivity index (χ0v) is 24.7. The maximum atomic E-state index is 13.7. The van der Waals surface area contributed by atoms with Crippen LogP contribution in [-0.2, 0) is 12.6 Å². The van der Waals surface area contributed by atoms with Crippen molar-refractivity contribution in [1.82, 2.24) is 19.9 Å². The Kier molecular flexibility index (Phi) is 10.8. The van der Waals surface area contributed by atoms with Gasteiger partial charge in [0.25, 0.3) is 0 Å². The lowest BCUT2D eigenvalue weighted by molar-refractivity contribution is -0.137. The molecule has 1 unspecified atom stereocenters. The predicted molar refractivity (Wildman–Crippen MR) is 158 cm³/mol. The lowest BCUT2D eigenvalue weighted by Gasteiger charge is -2.29. The van der Waals surface area contributed by atoms with Crippen LogP contribution in [0, 0.1) is 0 Å². The first kappa shape index (κ1) is 32.1. The van der Waals surface area contributed by atoms with Gasteiger partial charge < -0.3 is 15.3 Å². The number of nitrogens with one attached hydrogen (secondary N) is 1. The Labute approximate surface area is 253 Å². The fourth-order valence-corrected chi connectivity index (χ4v) is 5.27. The van der Waals surface area contributed by atoms with Gasteiger partial charge in [0, 0.05) is 40.2 Å². The van der Waals surface area contributed by atoms with Crippen molar-refractivity contribution in [1.29, 1.82) is 0 Å². The van der Waals surface area contributed by atoms with Crippen LogP contribution in [0.15, 0.2) is 60.5 Å². The fourth-order valence-electron chi connectivity index (χ4n) is 4.79. The first-order valence-electron chi connectivity index (χ1n) is 13.4. The van der Waals surface area contributed by atoms with Crippen LogP contribution >= 0.6 is 22.6 Å². The summed E-state index contributed by atoms with van der Waals surface area (Å²) in [5.74, 6) is 0.768. The normalized spacial score (nSPS) is 17.3. The molecular formula is C29H30F6IN5O. The molecule has 0 saturated carbocycles. The number of aliphatic hydroxyl groups is 1. The minimum atomic E-state index is -4.61. The summed E-state index contributed by atoms with van der Waals surface area (Å²) >= 11 is 2.07. The molecule has 3 aromatic rings. The van der Waals surface area contributed by atoms with E-state index in [0.717, 1.165) is 31.5 Å². The second-order valence-corrected chi connectivity index (χ2v) is 10.9. The molecule has 42 heavy (non-hydrogen) atoms. The van der Waals surface area contributed by atoms with Crippen LogP contribution in [-0.4, -0.2) is 61.3 Å². The Balaban J connectivity index is 1.69. The number of anilines is 1. The molecule has 1 aliphatic rings. The first-order chi connectivity index (χ1) is 19.9. The van der Waals surface area contributed by atoms with E-state index in [2.05, 4.69) is 47.8 Å². The Morgan fingerprint density at radius 2 is 1.95 bits per heavy atom. The highest BCUT2D eigenvalue weighted by molar-refractivity contribution is 14.1. The monoisotopic (exact) mass is 705 g/mol. The molecule has 1 fully saturated rings. The van der Waals surface area contributed by atoms with Crippen LogP contribution < -0.4 is 5.32 Å². The Hall–Kier alpha value is -2.78. The Morgan fingerprint density at radius 1 is 1.14 bits per heavy atom. The molecule has 1 saturated heterocycles. The first-order valence-corrected chi connectivity index (χ1v) is 15.0. The van der Waals surface area contributed by atoms with Crippen molar-refractivity contribution in [3.05, 3.63) is 71.8 Å². The highest BCUT2D eigenvalue weighted by Gasteiger charge is 2.34. The lowest BCUT2D eigenvalue weighted by Crippen LogP contribution is -2.38. The number of rotatable bonds is 10. The minimum absolute atomic E-state index is 0.224. The van der Waals surface area contributed by atoms with Gasteiger partial charge in [0.2, 0.25) is 0 Å². The van der Waals surface area contributed by atoms with Gasteiger partial charge in [0.1, 0.15) is 11.6 Å². The van der Waals surface area contributed by atoms with Gasteiger partial charge in [-0.3, -0.25) is 4.98 Å². The number of alkyl halides is 7. The highest BCUT2D eigenvalue weighted by atomic mass is 127. The number of halogens is 7. The van der Waals surface area contributed by atoms with E-state index in [0.29, 0.717) is 58.6 Å². The lowest BCUT2D eigenvalue weighted by atomic mass is 10.0. The van der Waals surface area contributed by atoms with E-state index in [9.17, 15) is 31.4 Å². The van der Waals surface area contributed by atoms with Gasteiger partial charge in [-0.15, -0.1) is 0 Å². The molecule has 6 nitrogen and oxygen atoms in total. The maximum Gasteiger partial charge on any atom is 0.418 e. The second-order valence-electron chi connectivity index (χ2n) is 9.98. The number of benzene rings is 1. The summed E-state index contributed by atoms with van der Waals surface area (Å²) in [5, 5.41) is 13.5. The van der Waals surface area contributed by atoms with E-state index < -0.39 is 24.3 Å². The van der Waals surface area contributed by atoms with Crippen LogP contribution in [0.5, 0.6) is 0 Å². The van der Waals surface area contributed by atoms with Crippen molar-refractivity contribution in [2.75, 3.05) is 29.4 Å². The third-order valence-electron chi connectivity index (χ3n) is 6.69. The third kappa shape index (κ3) is 9.11. The molecule has 0 bridgehead atoms. The molecule has 0 radical (unpaired) electrons. The summed E-state index contributed by atoms with van der Waals surface area (Å²) in [6, 6.07) is 6.80. The Morgan fingerprint density at radius 3 is 2.67 bits per heavy atom. The van der Waals surface area contributed by atoms with Crippen molar-refractivity contribution >= 4 is 39.3 Å². The van der Waals surface area contributed by atoms with E-state index in [1.807, 2.05) is 0 Å². The average molecular weight is 705 g/mol. The number of piperidine rings is 1. The van der Waals surface area contributed by atoms with Gasteiger partial charge in [-0.05, 0) is 62.7 Å². The van der Waals surface area contributed by atoms with Gasteiger partial charge >= 0.3 is 12.4 Å². The number of likely N-dealkylation sites (tertiary alicyclic amines) is 1. The van der Waals surface area contributed by atoms with Gasteiger partial charge in [0.05, 0.1) is 29.3 Å². The van der Waals surface area contributed by atoms with Crippen LogP contribution in [0.3, 0.4) is 0 Å². The number of hydrogen-bond acceptors (Lipinski definition) is 6. The topological polar surface area (TPSA) is 74.2 Å². The SMILES string of the molecule is OC1CCCN(CCCc2nc(NC(/C=C\CC(F)(F)F)=C/CI)c3ccc(-c4ncccc4C(F)(F)F)cc3n2)C1. The number of aromatic nitrogens is 3. The number of aryl methyl sites for hydroxylation is 1. The molecule has 0 amide bonds. The zero-order chi connectivity index (χ0) is 30.3. The molecule has 2 N–H and O–H groups in total. The summed E-state index contributed by atoms with van der Waals surface area (Å²) in [4.78, 5) is 15.4. The van der Waals surface area contributed by atoms with E-state index in [1.165, 1.54) is 30.5 Å². The van der Waals surface area contributed by atoms with Crippen LogP contribution in [0.25, 0.3) is 22.2 Å². The number of nitrogens with zero attached hydrogens (tertiary/aromatic N) is 4. The summed E-state index contributed by atoms with van der Waals surface area (Å²) in [7, 11) is 0. The Bertz CT molecular complexity index is 1430. The summed E-state index contributed by atoms with van der Waals surface area (Å²) in [5.41, 5.74) is -0.106. The van der Waals surface area contributed by atoms with Crippen LogP contribution in [0.2, 0.25) is 0 Å². The van der Waals surface area contributed by atoms with Gasteiger partial charge in [0.15, 0.2) is 0 Å². The van der Waals surface area contributed by atoms with E-state index in [4.69, 9.17) is 0 Å². The van der Waals surface area contributed by atoms with Gasteiger partial charge in [-0.1, -0.05) is 40.8 Å². The van der Waals surface area contributed by atoms with Crippen molar-refractivity contribution < 1.29 is 31.4 Å². The van der Waals surface area contributed by atoms with E-state index >= 15 is 0 Å². The van der Waals surface area contributed by atoms with Crippen LogP contribution in [0.4, 0.5) is 32.2 Å². The zero-order valence-electron chi connectivity index (χ0n) is 22.5. The van der Waals surface area contributed by atoms with Gasteiger partial charge in [-0.25, -0.2) is 9.97 Å². The van der Waals surface area contributed by atoms with Crippen molar-refractivity contribution in [2.24, 2.45) is 0 Å². The minimum Gasteiger partial charge on any atom is -0.392 e. The molecule has 2 aromatic heterocycles. The fraction of sp³-hybridized carbons (Fsp3) is 0.414. The van der Waals surface area contributed by atoms with E-state index in [1.54, 1.807) is 12.1 Å². The molecular weight excluding hydrogens is 675 g/mol. The summed E-state index contributed by atoms with van der Waals surface area (Å²) in [6.45, 7) is 2.19. The second kappa shape index (κ2) is 14.1. The number of fused-ring (bicyclic) bond motifs is 1. The molecule has 1 atom stereocenters.